The predicted molar refractivity (Wildman–Crippen MR) is 288 cm³/mol. The molecule has 0 aliphatic carbocycles. The molecule has 0 aromatic heterocycles. The van der Waals surface area contributed by atoms with E-state index in [9.17, 15) is 35.1 Å². The topological polar surface area (TPSA) is 175 Å². The summed E-state index contributed by atoms with van der Waals surface area (Å²) in [6.45, 7) is 4.29. The highest BCUT2D eigenvalue weighted by Gasteiger charge is 2.44. The maximum absolute atomic E-state index is 13.0. The van der Waals surface area contributed by atoms with Crippen LogP contribution in [0.1, 0.15) is 277 Å². The third-order valence-electron chi connectivity index (χ3n) is 14.1. The average Bonchev–Trinajstić information content (AvgIpc) is 3.36. The molecule has 1 aliphatic rings. The number of nitrogens with one attached hydrogen (secondary N) is 1. The lowest BCUT2D eigenvalue weighted by atomic mass is 9.99. The number of rotatable bonds is 51. The summed E-state index contributed by atoms with van der Waals surface area (Å²) in [5.74, 6) is -0.196. The maximum atomic E-state index is 13.0. The molecule has 0 radical (unpaired) electrons. The van der Waals surface area contributed by atoms with Crippen molar-refractivity contribution in [3.8, 4) is 0 Å². The smallest absolute Gasteiger partial charge is 0.305 e. The fourth-order valence-corrected chi connectivity index (χ4v) is 9.31. The Hall–Kier alpha value is -1.86. The van der Waals surface area contributed by atoms with Crippen molar-refractivity contribution in [3.63, 3.8) is 0 Å². The molecular formula is C59H111NO10. The second kappa shape index (κ2) is 49.4. The first-order valence-electron chi connectivity index (χ1n) is 29.6. The highest BCUT2D eigenvalue weighted by atomic mass is 16.7. The van der Waals surface area contributed by atoms with Crippen LogP contribution in [-0.4, -0.2) is 100 Å². The van der Waals surface area contributed by atoms with E-state index in [1.165, 1.54) is 186 Å². The zero-order valence-electron chi connectivity index (χ0n) is 45.2. The summed E-state index contributed by atoms with van der Waals surface area (Å²) >= 11 is 0. The van der Waals surface area contributed by atoms with Gasteiger partial charge in [-0.25, -0.2) is 0 Å². The van der Waals surface area contributed by atoms with Crippen molar-refractivity contribution < 1.29 is 49.3 Å². The molecule has 11 heteroatoms. The van der Waals surface area contributed by atoms with Crippen molar-refractivity contribution in [3.05, 3.63) is 24.3 Å². The van der Waals surface area contributed by atoms with Crippen LogP contribution in [0.15, 0.2) is 24.3 Å². The Balaban J connectivity index is 2.01. The van der Waals surface area contributed by atoms with Crippen LogP contribution in [0.3, 0.4) is 0 Å². The predicted octanol–water partition coefficient (Wildman–Crippen LogP) is 13.3. The Bertz CT molecular complexity index is 1220. The van der Waals surface area contributed by atoms with Gasteiger partial charge in [0, 0.05) is 12.8 Å². The molecule has 0 saturated carbocycles. The number of hydrogen-bond acceptors (Lipinski definition) is 10. The third kappa shape index (κ3) is 38.7. The molecule has 1 rings (SSSR count). The number of unbranched alkanes of at least 4 members (excludes halogenated alkanes) is 35. The van der Waals surface area contributed by atoms with Gasteiger partial charge in [0.15, 0.2) is 6.29 Å². The molecule has 0 aromatic carbocycles. The zero-order valence-corrected chi connectivity index (χ0v) is 45.2. The second-order valence-electron chi connectivity index (χ2n) is 20.7. The molecule has 11 nitrogen and oxygen atoms in total. The summed E-state index contributed by atoms with van der Waals surface area (Å²) in [7, 11) is 0. The molecule has 7 unspecified atom stereocenters. The van der Waals surface area contributed by atoms with Gasteiger partial charge < -0.3 is 45.1 Å². The SMILES string of the molecule is CCCCC/C=C\CCCCCCCC(=O)OCCCCCCCCCCCCCCCCCCCCCCCC(=O)NC(COC1OC(CO)C(O)C(O)C1O)C(O)/C=C/CCCCCCCCC. The number of aliphatic hydroxyl groups is 5. The fraction of sp³-hybridized carbons (Fsp3) is 0.898. The summed E-state index contributed by atoms with van der Waals surface area (Å²) in [6.07, 6.45) is 48.5. The molecule has 0 spiro atoms. The van der Waals surface area contributed by atoms with Gasteiger partial charge in [-0.2, -0.15) is 0 Å². The number of amides is 1. The van der Waals surface area contributed by atoms with E-state index < -0.39 is 49.5 Å². The minimum Gasteiger partial charge on any atom is -0.466 e. The summed E-state index contributed by atoms with van der Waals surface area (Å²) in [5, 5.41) is 54.2. The number of carbonyl (C=O) groups excluding carboxylic acids is 2. The molecular weight excluding hydrogens is 883 g/mol. The molecule has 1 amide bonds. The molecule has 6 N–H and O–H groups in total. The Morgan fingerprint density at radius 1 is 0.514 bits per heavy atom. The second-order valence-corrected chi connectivity index (χ2v) is 20.7. The highest BCUT2D eigenvalue weighted by molar-refractivity contribution is 5.76. The van der Waals surface area contributed by atoms with Crippen molar-refractivity contribution in [2.45, 2.75) is 320 Å². The van der Waals surface area contributed by atoms with Crippen LogP contribution in [-0.2, 0) is 23.8 Å². The number of allylic oxidation sites excluding steroid dienone is 3. The fourth-order valence-electron chi connectivity index (χ4n) is 9.31. The highest BCUT2D eigenvalue weighted by Crippen LogP contribution is 2.23. The van der Waals surface area contributed by atoms with Gasteiger partial charge in [-0.05, 0) is 57.8 Å². The molecule has 1 saturated heterocycles. The summed E-state index contributed by atoms with van der Waals surface area (Å²) in [5.41, 5.74) is 0. The van der Waals surface area contributed by atoms with E-state index >= 15 is 0 Å². The zero-order chi connectivity index (χ0) is 51.0. The first-order chi connectivity index (χ1) is 34.2. The largest absolute Gasteiger partial charge is 0.466 e. The third-order valence-corrected chi connectivity index (χ3v) is 14.1. The van der Waals surface area contributed by atoms with Crippen molar-refractivity contribution in [1.82, 2.24) is 5.32 Å². The van der Waals surface area contributed by atoms with Gasteiger partial charge in [-0.3, -0.25) is 9.59 Å². The van der Waals surface area contributed by atoms with E-state index in [2.05, 4.69) is 31.3 Å². The van der Waals surface area contributed by atoms with Crippen LogP contribution in [0, 0.1) is 0 Å². The van der Waals surface area contributed by atoms with Gasteiger partial charge in [0.2, 0.25) is 5.91 Å². The van der Waals surface area contributed by atoms with Crippen LogP contribution in [0.25, 0.3) is 0 Å². The van der Waals surface area contributed by atoms with Gasteiger partial charge in [0.05, 0.1) is 32.0 Å². The molecule has 412 valence electrons. The summed E-state index contributed by atoms with van der Waals surface area (Å²) < 4.78 is 16.7. The average molecular weight is 995 g/mol. The van der Waals surface area contributed by atoms with Gasteiger partial charge >= 0.3 is 5.97 Å². The van der Waals surface area contributed by atoms with E-state index in [0.29, 0.717) is 19.4 Å². The van der Waals surface area contributed by atoms with Crippen molar-refractivity contribution in [2.75, 3.05) is 19.8 Å². The van der Waals surface area contributed by atoms with E-state index in [0.717, 1.165) is 64.2 Å². The van der Waals surface area contributed by atoms with E-state index in [1.807, 2.05) is 6.08 Å². The lowest BCUT2D eigenvalue weighted by molar-refractivity contribution is -0.302. The quantitative estimate of drug-likeness (QED) is 0.0195. The summed E-state index contributed by atoms with van der Waals surface area (Å²) in [6, 6.07) is -0.809. The Labute approximate surface area is 429 Å². The number of carbonyl (C=O) groups is 2. The number of ether oxygens (including phenoxy) is 3. The van der Waals surface area contributed by atoms with Crippen molar-refractivity contribution in [2.24, 2.45) is 0 Å². The lowest BCUT2D eigenvalue weighted by Gasteiger charge is -2.40. The number of hydrogen-bond donors (Lipinski definition) is 6. The van der Waals surface area contributed by atoms with Crippen LogP contribution in [0.5, 0.6) is 0 Å². The first-order valence-corrected chi connectivity index (χ1v) is 29.6. The summed E-state index contributed by atoms with van der Waals surface area (Å²) in [4.78, 5) is 25.0. The van der Waals surface area contributed by atoms with E-state index in [4.69, 9.17) is 14.2 Å². The molecule has 1 fully saturated rings. The van der Waals surface area contributed by atoms with E-state index in [-0.39, 0.29) is 18.5 Å². The molecule has 70 heavy (non-hydrogen) atoms. The van der Waals surface area contributed by atoms with Gasteiger partial charge in [0.25, 0.3) is 0 Å². The van der Waals surface area contributed by atoms with Gasteiger partial charge in [-0.15, -0.1) is 0 Å². The molecule has 0 bridgehead atoms. The standard InChI is InChI=1S/C59H111NO10/c1-3-5-7-9-11-13-14-27-31-35-39-43-47-55(64)68-48-44-40-36-32-28-25-23-21-19-17-15-16-18-20-22-24-26-30-34-38-42-46-54(63)60-51(52(62)45-41-37-33-29-12-10-8-6-4-2)50-69-59-58(67)57(66)56(65)53(49-61)70-59/h11,13,41,45,51-53,56-59,61-62,65-67H,3-10,12,14-40,42-44,46-50H2,1-2H3,(H,60,63)/b13-11-,45-41+. The normalized spacial score (nSPS) is 19.3. The maximum Gasteiger partial charge on any atom is 0.305 e. The van der Waals surface area contributed by atoms with Gasteiger partial charge in [-0.1, -0.05) is 231 Å². The lowest BCUT2D eigenvalue weighted by Crippen LogP contribution is -2.60. The monoisotopic (exact) mass is 994 g/mol. The Kier molecular flexibility index (Phi) is 46.6. The van der Waals surface area contributed by atoms with Gasteiger partial charge in [0.1, 0.15) is 24.4 Å². The molecule has 0 aromatic rings. The molecule has 1 heterocycles. The van der Waals surface area contributed by atoms with Crippen molar-refractivity contribution >= 4 is 11.9 Å². The van der Waals surface area contributed by atoms with E-state index in [1.54, 1.807) is 6.08 Å². The minimum absolute atomic E-state index is 0.0114. The Morgan fingerprint density at radius 3 is 1.40 bits per heavy atom. The number of aliphatic hydroxyl groups excluding tert-OH is 5. The molecule has 7 atom stereocenters. The first kappa shape index (κ1) is 66.2. The van der Waals surface area contributed by atoms with Crippen LogP contribution in [0.2, 0.25) is 0 Å². The van der Waals surface area contributed by atoms with Crippen LogP contribution >= 0.6 is 0 Å². The molecule has 1 aliphatic heterocycles. The van der Waals surface area contributed by atoms with Crippen LogP contribution < -0.4 is 5.32 Å². The van der Waals surface area contributed by atoms with Crippen LogP contribution in [0.4, 0.5) is 0 Å². The minimum atomic E-state index is -1.57. The van der Waals surface area contributed by atoms with Crippen molar-refractivity contribution in [1.29, 1.82) is 0 Å². The Morgan fingerprint density at radius 2 is 0.914 bits per heavy atom. The number of esters is 1.